The van der Waals surface area contributed by atoms with Crippen LogP contribution in [-0.2, 0) is 6.54 Å². The molecule has 0 saturated heterocycles. The maximum Gasteiger partial charge on any atom is 0.172 e. The molecule has 0 spiro atoms. The second-order valence-corrected chi connectivity index (χ2v) is 5.17. The van der Waals surface area contributed by atoms with Gasteiger partial charge in [-0.2, -0.15) is 0 Å². The third-order valence-corrected chi connectivity index (χ3v) is 3.46. The topological polar surface area (TPSA) is 47.8 Å². The van der Waals surface area contributed by atoms with Crippen LogP contribution in [0.3, 0.4) is 0 Å². The lowest BCUT2D eigenvalue weighted by Crippen LogP contribution is -2.05. The number of nitrogens with zero attached hydrogens (tertiary/aromatic N) is 3. The Bertz CT molecular complexity index is 815. The van der Waals surface area contributed by atoms with Crippen LogP contribution >= 0.6 is 11.6 Å². The molecule has 0 aliphatic heterocycles. The molecule has 0 saturated carbocycles. The van der Waals surface area contributed by atoms with Crippen LogP contribution in [-0.4, -0.2) is 21.3 Å². The molecule has 4 nitrogen and oxygen atoms in total. The van der Waals surface area contributed by atoms with Crippen LogP contribution in [0.5, 0.6) is 0 Å². The molecule has 3 aromatic rings. The molecule has 1 heterocycles. The van der Waals surface area contributed by atoms with Crippen LogP contribution in [0.15, 0.2) is 48.5 Å². The van der Waals surface area contributed by atoms with Gasteiger partial charge in [0.2, 0.25) is 0 Å². The van der Waals surface area contributed by atoms with Gasteiger partial charge in [-0.15, -0.1) is 5.10 Å². The highest BCUT2D eigenvalue weighted by Gasteiger charge is 2.15. The van der Waals surface area contributed by atoms with Crippen LogP contribution in [0, 0.1) is 5.82 Å². The van der Waals surface area contributed by atoms with Crippen molar-refractivity contribution in [3.63, 3.8) is 0 Å². The fourth-order valence-electron chi connectivity index (χ4n) is 2.23. The van der Waals surface area contributed by atoms with E-state index < -0.39 is 0 Å². The van der Waals surface area contributed by atoms with E-state index in [-0.39, 0.29) is 11.5 Å². The van der Waals surface area contributed by atoms with Gasteiger partial charge in [-0.05, 0) is 29.8 Å². The van der Waals surface area contributed by atoms with Gasteiger partial charge < -0.3 is 0 Å². The van der Waals surface area contributed by atoms with E-state index >= 15 is 0 Å². The molecule has 110 valence electrons. The van der Waals surface area contributed by atoms with Gasteiger partial charge in [0.25, 0.3) is 0 Å². The molecule has 0 atom stereocenters. The molecular weight excluding hydrogens is 305 g/mol. The van der Waals surface area contributed by atoms with Crippen molar-refractivity contribution in [2.24, 2.45) is 0 Å². The quantitative estimate of drug-likeness (QED) is 0.691. The molecule has 3 rings (SSSR count). The Labute approximate surface area is 131 Å². The normalized spacial score (nSPS) is 10.6. The van der Waals surface area contributed by atoms with E-state index in [0.717, 1.165) is 11.1 Å². The van der Waals surface area contributed by atoms with E-state index in [1.165, 1.54) is 12.1 Å². The highest BCUT2D eigenvalue weighted by atomic mass is 35.5. The Hall–Kier alpha value is -2.53. The maximum atomic E-state index is 13.3. The van der Waals surface area contributed by atoms with Crippen molar-refractivity contribution in [1.29, 1.82) is 0 Å². The zero-order valence-electron chi connectivity index (χ0n) is 11.4. The highest BCUT2D eigenvalue weighted by Crippen LogP contribution is 2.24. The lowest BCUT2D eigenvalue weighted by Gasteiger charge is -2.07. The first-order chi connectivity index (χ1) is 10.7. The third kappa shape index (κ3) is 2.89. The minimum atomic E-state index is -0.318. The third-order valence-electron chi connectivity index (χ3n) is 3.21. The van der Waals surface area contributed by atoms with Gasteiger partial charge in [-0.3, -0.25) is 4.79 Å². The number of carbonyl (C=O) groups excluding carboxylic acids is 1. The second kappa shape index (κ2) is 6.07. The van der Waals surface area contributed by atoms with E-state index in [1.54, 1.807) is 41.1 Å². The van der Waals surface area contributed by atoms with Gasteiger partial charge in [0.05, 0.1) is 12.2 Å². The average Bonchev–Trinajstić information content (AvgIpc) is 2.91. The number of rotatable bonds is 4. The van der Waals surface area contributed by atoms with Crippen molar-refractivity contribution in [2.45, 2.75) is 6.54 Å². The van der Waals surface area contributed by atoms with E-state index in [0.29, 0.717) is 23.5 Å². The molecule has 0 unspecified atom stereocenters. The molecule has 6 heteroatoms. The van der Waals surface area contributed by atoms with Crippen LogP contribution in [0.25, 0.3) is 11.3 Å². The lowest BCUT2D eigenvalue weighted by molar-refractivity contribution is 0.111. The number of aldehydes is 1. The van der Waals surface area contributed by atoms with Gasteiger partial charge in [-0.25, -0.2) is 9.07 Å². The first kappa shape index (κ1) is 14.4. The molecule has 0 fully saturated rings. The van der Waals surface area contributed by atoms with Crippen molar-refractivity contribution >= 4 is 17.9 Å². The molecule has 0 radical (unpaired) electrons. The van der Waals surface area contributed by atoms with Crippen molar-refractivity contribution < 1.29 is 9.18 Å². The highest BCUT2D eigenvalue weighted by molar-refractivity contribution is 6.30. The Morgan fingerprint density at radius 2 is 1.95 bits per heavy atom. The fraction of sp³-hybridized carbons (Fsp3) is 0.0625. The number of aromatic nitrogens is 3. The first-order valence-corrected chi connectivity index (χ1v) is 6.94. The zero-order chi connectivity index (χ0) is 15.5. The van der Waals surface area contributed by atoms with Crippen LogP contribution in [0.4, 0.5) is 4.39 Å². The van der Waals surface area contributed by atoms with E-state index in [1.807, 2.05) is 0 Å². The second-order valence-electron chi connectivity index (χ2n) is 4.74. The van der Waals surface area contributed by atoms with Gasteiger partial charge in [0.15, 0.2) is 12.0 Å². The first-order valence-electron chi connectivity index (χ1n) is 6.56. The molecule has 2 aromatic carbocycles. The Kier molecular flexibility index (Phi) is 3.98. The SMILES string of the molecule is O=Cc1nnn(Cc2cccc(F)c2)c1-c1ccc(Cl)cc1. The van der Waals surface area contributed by atoms with Crippen LogP contribution in [0.1, 0.15) is 16.1 Å². The molecule has 0 N–H and O–H groups in total. The van der Waals surface area contributed by atoms with Gasteiger partial charge in [0.1, 0.15) is 5.82 Å². The number of halogens is 2. The molecule has 0 aliphatic rings. The summed E-state index contributed by atoms with van der Waals surface area (Å²) in [6.07, 6.45) is 0.652. The summed E-state index contributed by atoms with van der Waals surface area (Å²) in [6, 6.07) is 13.2. The average molecular weight is 316 g/mol. The summed E-state index contributed by atoms with van der Waals surface area (Å²) >= 11 is 5.88. The van der Waals surface area contributed by atoms with E-state index in [4.69, 9.17) is 11.6 Å². The summed E-state index contributed by atoms with van der Waals surface area (Å²) in [4.78, 5) is 11.2. The van der Waals surface area contributed by atoms with Gasteiger partial charge in [0, 0.05) is 10.6 Å². The number of carbonyl (C=O) groups is 1. The maximum absolute atomic E-state index is 13.3. The Balaban J connectivity index is 2.03. The number of benzene rings is 2. The minimum Gasteiger partial charge on any atom is -0.296 e. The van der Waals surface area contributed by atoms with Crippen molar-refractivity contribution in [3.8, 4) is 11.3 Å². The summed E-state index contributed by atoms with van der Waals surface area (Å²) in [7, 11) is 0. The standard InChI is InChI=1S/C16H11ClFN3O/c17-13-6-4-12(5-7-13)16-15(10-22)19-20-21(16)9-11-2-1-3-14(18)8-11/h1-8,10H,9H2. The Morgan fingerprint density at radius 1 is 1.18 bits per heavy atom. The molecule has 0 amide bonds. The fourth-order valence-corrected chi connectivity index (χ4v) is 2.36. The molecule has 0 bridgehead atoms. The summed E-state index contributed by atoms with van der Waals surface area (Å²) in [5.74, 6) is -0.318. The monoisotopic (exact) mass is 315 g/mol. The summed E-state index contributed by atoms with van der Waals surface area (Å²) in [5.41, 5.74) is 2.32. The molecular formula is C16H11ClFN3O. The Morgan fingerprint density at radius 3 is 2.64 bits per heavy atom. The van der Waals surface area contributed by atoms with E-state index in [9.17, 15) is 9.18 Å². The van der Waals surface area contributed by atoms with Crippen LogP contribution in [0.2, 0.25) is 5.02 Å². The van der Waals surface area contributed by atoms with Crippen molar-refractivity contribution in [3.05, 3.63) is 70.6 Å². The lowest BCUT2D eigenvalue weighted by atomic mass is 10.1. The number of hydrogen-bond acceptors (Lipinski definition) is 3. The van der Waals surface area contributed by atoms with E-state index in [2.05, 4.69) is 10.3 Å². The minimum absolute atomic E-state index is 0.235. The van der Waals surface area contributed by atoms with Gasteiger partial charge in [-0.1, -0.05) is 41.1 Å². The summed E-state index contributed by atoms with van der Waals surface area (Å²) < 4.78 is 14.9. The molecule has 1 aromatic heterocycles. The summed E-state index contributed by atoms with van der Waals surface area (Å²) in [6.45, 7) is 0.316. The predicted molar refractivity (Wildman–Crippen MR) is 81.4 cm³/mol. The molecule has 22 heavy (non-hydrogen) atoms. The smallest absolute Gasteiger partial charge is 0.172 e. The van der Waals surface area contributed by atoms with Gasteiger partial charge >= 0.3 is 0 Å². The largest absolute Gasteiger partial charge is 0.296 e. The zero-order valence-corrected chi connectivity index (χ0v) is 12.2. The summed E-state index contributed by atoms with van der Waals surface area (Å²) in [5, 5.41) is 8.46. The van der Waals surface area contributed by atoms with Crippen LogP contribution < -0.4 is 0 Å². The predicted octanol–water partition coefficient (Wildman–Crippen LogP) is 3.60. The van der Waals surface area contributed by atoms with Crippen molar-refractivity contribution in [1.82, 2.24) is 15.0 Å². The molecule has 0 aliphatic carbocycles. The van der Waals surface area contributed by atoms with Crippen molar-refractivity contribution in [2.75, 3.05) is 0 Å². The number of hydrogen-bond donors (Lipinski definition) is 0.